The molecular formula is C11H11BrClN3O2S2. The van der Waals surface area contributed by atoms with Crippen LogP contribution >= 0.6 is 38.9 Å². The molecule has 0 bridgehead atoms. The molecule has 108 valence electrons. The lowest BCUT2D eigenvalue weighted by Gasteiger charge is -2.17. The second-order valence-corrected chi connectivity index (χ2v) is 8.73. The van der Waals surface area contributed by atoms with E-state index in [1.165, 1.54) is 35.0 Å². The Morgan fingerprint density at radius 2 is 2.20 bits per heavy atom. The van der Waals surface area contributed by atoms with Crippen molar-refractivity contribution in [1.29, 1.82) is 0 Å². The Labute approximate surface area is 134 Å². The van der Waals surface area contributed by atoms with Gasteiger partial charge >= 0.3 is 0 Å². The molecule has 0 atom stereocenters. The monoisotopic (exact) mass is 395 g/mol. The number of thiophene rings is 1. The van der Waals surface area contributed by atoms with E-state index in [1.807, 2.05) is 0 Å². The molecular weight excluding hydrogens is 386 g/mol. The minimum atomic E-state index is -3.70. The van der Waals surface area contributed by atoms with Gasteiger partial charge in [0.25, 0.3) is 0 Å². The van der Waals surface area contributed by atoms with Gasteiger partial charge in [0.15, 0.2) is 0 Å². The summed E-state index contributed by atoms with van der Waals surface area (Å²) < 4.78 is 27.3. The average Bonchev–Trinajstić information content (AvgIpc) is 2.77. The van der Waals surface area contributed by atoms with Crippen LogP contribution in [-0.4, -0.2) is 24.8 Å². The molecule has 0 fully saturated rings. The van der Waals surface area contributed by atoms with Crippen molar-refractivity contribution in [2.45, 2.75) is 11.4 Å². The van der Waals surface area contributed by atoms with E-state index in [-0.39, 0.29) is 17.3 Å². The molecule has 0 aromatic carbocycles. The second kappa shape index (κ2) is 5.98. The van der Waals surface area contributed by atoms with Gasteiger partial charge < -0.3 is 5.73 Å². The number of nitrogens with zero attached hydrogens (tertiary/aromatic N) is 2. The van der Waals surface area contributed by atoms with Crippen molar-refractivity contribution in [3.8, 4) is 0 Å². The SMILES string of the molecule is CN(Cc1ccc(Cl)s1)S(=O)(=O)c1cc(Br)cnc1N. The lowest BCUT2D eigenvalue weighted by atomic mass is 10.5. The van der Waals surface area contributed by atoms with Gasteiger partial charge in [0.2, 0.25) is 10.0 Å². The number of rotatable bonds is 4. The van der Waals surface area contributed by atoms with Gasteiger partial charge in [-0.2, -0.15) is 4.31 Å². The molecule has 0 aliphatic carbocycles. The normalized spacial score (nSPS) is 12.0. The second-order valence-electron chi connectivity index (χ2n) is 4.00. The smallest absolute Gasteiger partial charge is 0.246 e. The number of pyridine rings is 1. The van der Waals surface area contributed by atoms with E-state index in [4.69, 9.17) is 17.3 Å². The predicted octanol–water partition coefficient (Wildman–Crippen LogP) is 2.96. The largest absolute Gasteiger partial charge is 0.383 e. The summed E-state index contributed by atoms with van der Waals surface area (Å²) in [5.74, 6) is -0.0238. The molecule has 5 nitrogen and oxygen atoms in total. The van der Waals surface area contributed by atoms with Gasteiger partial charge in [-0.05, 0) is 34.1 Å². The average molecular weight is 397 g/mol. The van der Waals surface area contributed by atoms with E-state index >= 15 is 0 Å². The fourth-order valence-electron chi connectivity index (χ4n) is 1.55. The molecule has 2 heterocycles. The molecule has 20 heavy (non-hydrogen) atoms. The first-order chi connectivity index (χ1) is 9.30. The molecule has 9 heteroatoms. The standard InChI is InChI=1S/C11H11BrClN3O2S2/c1-16(6-8-2-3-10(13)19-8)20(17,18)9-4-7(12)5-15-11(9)14/h2-5H,6H2,1H3,(H2,14,15). The van der Waals surface area contributed by atoms with Gasteiger partial charge in [-0.1, -0.05) is 11.6 Å². The highest BCUT2D eigenvalue weighted by atomic mass is 79.9. The Kier molecular flexibility index (Phi) is 4.70. The van der Waals surface area contributed by atoms with Crippen molar-refractivity contribution in [2.24, 2.45) is 0 Å². The Bertz CT molecular complexity index is 733. The lowest BCUT2D eigenvalue weighted by molar-refractivity contribution is 0.470. The van der Waals surface area contributed by atoms with Crippen LogP contribution in [0.25, 0.3) is 0 Å². The third-order valence-corrected chi connectivity index (χ3v) is 6.03. The van der Waals surface area contributed by atoms with Crippen LogP contribution in [0.4, 0.5) is 5.82 Å². The zero-order valence-corrected chi connectivity index (χ0v) is 14.4. The van der Waals surface area contributed by atoms with Crippen LogP contribution in [0.3, 0.4) is 0 Å². The molecule has 2 rings (SSSR count). The van der Waals surface area contributed by atoms with Crippen molar-refractivity contribution in [3.63, 3.8) is 0 Å². The molecule has 2 aromatic heterocycles. The van der Waals surface area contributed by atoms with Gasteiger partial charge in [0.05, 0.1) is 4.34 Å². The first-order valence-corrected chi connectivity index (χ1v) is 8.85. The number of hydrogen-bond acceptors (Lipinski definition) is 5. The molecule has 0 aliphatic rings. The van der Waals surface area contributed by atoms with Crippen LogP contribution in [0.1, 0.15) is 4.88 Å². The lowest BCUT2D eigenvalue weighted by Crippen LogP contribution is -2.27. The fraction of sp³-hybridized carbons (Fsp3) is 0.182. The predicted molar refractivity (Wildman–Crippen MR) is 84.3 cm³/mol. The Morgan fingerprint density at radius 1 is 1.50 bits per heavy atom. The van der Waals surface area contributed by atoms with Crippen LogP contribution in [0, 0.1) is 0 Å². The quantitative estimate of drug-likeness (QED) is 0.862. The zero-order chi connectivity index (χ0) is 14.9. The van der Waals surface area contributed by atoms with Crippen molar-refractivity contribution >= 4 is 54.7 Å². The van der Waals surface area contributed by atoms with Crippen LogP contribution in [0.2, 0.25) is 4.34 Å². The van der Waals surface area contributed by atoms with E-state index in [0.29, 0.717) is 8.81 Å². The molecule has 0 saturated heterocycles. The number of hydrogen-bond donors (Lipinski definition) is 1. The van der Waals surface area contributed by atoms with E-state index in [9.17, 15) is 8.42 Å². The number of halogens is 2. The van der Waals surface area contributed by atoms with Gasteiger partial charge in [0.1, 0.15) is 10.7 Å². The topological polar surface area (TPSA) is 76.3 Å². The van der Waals surface area contributed by atoms with Gasteiger partial charge in [0, 0.05) is 29.1 Å². The summed E-state index contributed by atoms with van der Waals surface area (Å²) in [6.45, 7) is 0.228. The highest BCUT2D eigenvalue weighted by Gasteiger charge is 2.25. The molecule has 0 spiro atoms. The van der Waals surface area contributed by atoms with Crippen LogP contribution in [0.5, 0.6) is 0 Å². The van der Waals surface area contributed by atoms with E-state index < -0.39 is 10.0 Å². The first-order valence-electron chi connectivity index (χ1n) is 5.42. The van der Waals surface area contributed by atoms with E-state index in [1.54, 1.807) is 12.1 Å². The number of nitrogen functional groups attached to an aromatic ring is 1. The van der Waals surface area contributed by atoms with Gasteiger partial charge in [-0.25, -0.2) is 13.4 Å². The van der Waals surface area contributed by atoms with Gasteiger partial charge in [-0.3, -0.25) is 0 Å². The third-order valence-electron chi connectivity index (χ3n) is 2.54. The Hall–Kier alpha value is -0.670. The van der Waals surface area contributed by atoms with Crippen molar-refractivity contribution < 1.29 is 8.42 Å². The minimum Gasteiger partial charge on any atom is -0.383 e. The van der Waals surface area contributed by atoms with Crippen molar-refractivity contribution in [3.05, 3.63) is 38.1 Å². The van der Waals surface area contributed by atoms with Crippen LogP contribution in [0.15, 0.2) is 33.8 Å². The molecule has 0 amide bonds. The molecule has 0 unspecified atom stereocenters. The number of anilines is 1. The van der Waals surface area contributed by atoms with E-state index in [0.717, 1.165) is 4.88 Å². The summed E-state index contributed by atoms with van der Waals surface area (Å²) in [6.07, 6.45) is 1.45. The molecule has 0 saturated carbocycles. The maximum Gasteiger partial charge on any atom is 0.246 e. The fourth-order valence-corrected chi connectivity index (χ4v) is 4.49. The molecule has 0 radical (unpaired) electrons. The summed E-state index contributed by atoms with van der Waals surface area (Å²) in [6, 6.07) is 4.97. The Balaban J connectivity index is 2.32. The first kappa shape index (κ1) is 15.7. The third kappa shape index (κ3) is 3.32. The minimum absolute atomic E-state index is 0.0166. The Morgan fingerprint density at radius 3 is 2.80 bits per heavy atom. The summed E-state index contributed by atoms with van der Waals surface area (Å²) in [5, 5.41) is 0. The number of aromatic nitrogens is 1. The van der Waals surface area contributed by atoms with Crippen molar-refractivity contribution in [2.75, 3.05) is 12.8 Å². The summed E-state index contributed by atoms with van der Waals surface area (Å²) >= 11 is 10.4. The van der Waals surface area contributed by atoms with Crippen molar-refractivity contribution in [1.82, 2.24) is 9.29 Å². The number of nitrogens with two attached hydrogens (primary N) is 1. The van der Waals surface area contributed by atoms with E-state index in [2.05, 4.69) is 20.9 Å². The maximum atomic E-state index is 12.5. The highest BCUT2D eigenvalue weighted by molar-refractivity contribution is 9.10. The highest BCUT2D eigenvalue weighted by Crippen LogP contribution is 2.27. The maximum absolute atomic E-state index is 12.5. The molecule has 2 N–H and O–H groups in total. The summed E-state index contributed by atoms with van der Waals surface area (Å²) in [7, 11) is -2.21. The van der Waals surface area contributed by atoms with Crippen LogP contribution < -0.4 is 5.73 Å². The number of sulfonamides is 1. The molecule has 2 aromatic rings. The summed E-state index contributed by atoms with van der Waals surface area (Å²) in [4.78, 5) is 4.68. The van der Waals surface area contributed by atoms with Gasteiger partial charge in [-0.15, -0.1) is 11.3 Å². The molecule has 0 aliphatic heterocycles. The van der Waals surface area contributed by atoms with Crippen LogP contribution in [-0.2, 0) is 16.6 Å². The zero-order valence-electron chi connectivity index (χ0n) is 10.4. The summed E-state index contributed by atoms with van der Waals surface area (Å²) in [5.41, 5.74) is 5.65.